The average Bonchev–Trinajstić information content (AvgIpc) is 1.74. The van der Waals surface area contributed by atoms with E-state index in [-0.39, 0.29) is 56.2 Å². The molecule has 0 aromatic carbocycles. The van der Waals surface area contributed by atoms with E-state index in [9.17, 15) is 58.1 Å². The van der Waals surface area contributed by atoms with Crippen LogP contribution in [0.5, 0.6) is 0 Å². The second-order valence-electron chi connectivity index (χ2n) is 27.7. The first-order chi connectivity index (χ1) is 56.1. The second-order valence-corrected chi connectivity index (χ2v) is 40.0. The van der Waals surface area contributed by atoms with E-state index in [1.54, 1.807) is 159 Å². The number of nitro groups is 1. The van der Waals surface area contributed by atoms with Gasteiger partial charge in [0, 0.05) is 83.1 Å². The van der Waals surface area contributed by atoms with Crippen LogP contribution in [0.1, 0.15) is 194 Å². The molecule has 0 atom stereocenters. The number of nitrogens with one attached hydrogen (secondary N) is 3. The topological polar surface area (TPSA) is 475 Å². The van der Waals surface area contributed by atoms with Gasteiger partial charge < -0.3 is 55.7 Å². The Morgan fingerprint density at radius 3 is 1.09 bits per heavy atom. The first-order valence-corrected chi connectivity index (χ1v) is 50.6. The fourth-order valence-electron chi connectivity index (χ4n) is 6.81. The molecule has 0 aliphatic heterocycles. The summed E-state index contributed by atoms with van der Waals surface area (Å²) in [4.78, 5) is 144. The number of alkyl halides is 4. The van der Waals surface area contributed by atoms with Crippen molar-refractivity contribution < 1.29 is 92.2 Å². The van der Waals surface area contributed by atoms with E-state index in [4.69, 9.17) is 99.4 Å². The van der Waals surface area contributed by atoms with Crippen LogP contribution in [0.3, 0.4) is 0 Å². The minimum absolute atomic E-state index is 0. The Balaban J connectivity index is -0.000000428. The molecule has 0 aliphatic rings. The van der Waals surface area contributed by atoms with E-state index in [0.717, 1.165) is 47.9 Å². The molecule has 45 heteroatoms. The number of ketones is 5. The average molecular weight is 2070 g/mol. The van der Waals surface area contributed by atoms with Crippen LogP contribution < -0.4 is 27.4 Å². The van der Waals surface area contributed by atoms with Crippen molar-refractivity contribution in [3.8, 4) is 21.1 Å². The van der Waals surface area contributed by atoms with Crippen molar-refractivity contribution in [3.63, 3.8) is 0 Å². The van der Waals surface area contributed by atoms with E-state index in [1.165, 1.54) is 108 Å². The fourth-order valence-corrected chi connectivity index (χ4v) is 12.0. The number of hydrogen-bond acceptors (Lipinski definition) is 32. The molecule has 0 saturated heterocycles. The van der Waals surface area contributed by atoms with Gasteiger partial charge >= 0.3 is 67.3 Å². The van der Waals surface area contributed by atoms with E-state index >= 15 is 0 Å². The maximum atomic E-state index is 11.8. The Bertz CT molecular complexity index is 4520. The summed E-state index contributed by atoms with van der Waals surface area (Å²) in [6.45, 7) is 36.2. The summed E-state index contributed by atoms with van der Waals surface area (Å²) in [5.41, 5.74) is 13.0. The van der Waals surface area contributed by atoms with Crippen LogP contribution in [0.25, 0.3) is 21.1 Å². The number of carbonyl (C=O) groups excluding carboxylic acids is 10. The number of aromatic nitrogens is 4. The van der Waals surface area contributed by atoms with Gasteiger partial charge in [-0.2, -0.15) is 0 Å². The number of thiophene rings is 7. The molecule has 0 bridgehead atoms. The SMILES string of the molecule is CC.CC(=O)c1cc(N)cs1.CC(=O)c1cc(NC(=O)OC(C)(C)C)cs1.CC(=O)c1cc([N+](=O)[O-])cs1.CC(=O)c1cccs1.CC(C)(C)OC(=O)Nc1csc(-c2ccncn2)c1.CC(C)(C)OC(=O)OC(=O)OC(C)(C)C.CN(C)/C=C/C(=O)c1cc(NC(=O)OC(C)(C)C)cs1.ClCCl.ClCCl.Nc1csc(-c2ccncn2)c1.O.O.[Cl][Sn][Cl]. The quantitative estimate of drug-likeness (QED) is 0.00823. The van der Waals surface area contributed by atoms with Gasteiger partial charge in [-0.1, -0.05) is 19.9 Å². The molecule has 9 heterocycles. The molecule has 9 aromatic heterocycles. The van der Waals surface area contributed by atoms with Gasteiger partial charge in [0.1, 0.15) is 40.7 Å². The van der Waals surface area contributed by atoms with Crippen molar-refractivity contribution in [3.05, 3.63) is 170 Å². The Morgan fingerprint density at radius 1 is 0.480 bits per heavy atom. The molecule has 11 N–H and O–H groups in total. The van der Waals surface area contributed by atoms with Gasteiger partial charge in [-0.05, 0) is 185 Å². The van der Waals surface area contributed by atoms with Crippen LogP contribution in [0.2, 0.25) is 0 Å². The number of carbonyl (C=O) groups is 10. The summed E-state index contributed by atoms with van der Waals surface area (Å²) in [7, 11) is 13.5. The number of ether oxygens (including phenoxy) is 6. The van der Waals surface area contributed by atoms with E-state index < -0.39 is 82.4 Å². The number of hydrogen-bond donors (Lipinski definition) is 5. The number of amides is 3. The number of nitrogens with zero attached hydrogens (tertiary/aromatic N) is 6. The number of anilines is 5. The Morgan fingerprint density at radius 2 is 0.805 bits per heavy atom. The number of halogens is 6. The minimum atomic E-state index is -1.06. The third-order valence-corrected chi connectivity index (χ3v) is 18.0. The molecular formula is C78H107Cl6N11O20S7Sn. The second kappa shape index (κ2) is 65.5. The molecule has 9 rings (SSSR count). The van der Waals surface area contributed by atoms with Crippen molar-refractivity contribution in [2.24, 2.45) is 0 Å². The molecule has 0 saturated carbocycles. The van der Waals surface area contributed by atoms with Gasteiger partial charge in [-0.3, -0.25) is 50.0 Å². The van der Waals surface area contributed by atoms with Crippen LogP contribution in [0, 0.1) is 10.1 Å². The van der Waals surface area contributed by atoms with Gasteiger partial charge in [0.15, 0.2) is 28.9 Å². The monoisotopic (exact) mass is 2070 g/mol. The molecule has 682 valence electrons. The zero-order valence-electron chi connectivity index (χ0n) is 72.0. The summed E-state index contributed by atoms with van der Waals surface area (Å²) in [6.07, 6.45) is 5.99. The summed E-state index contributed by atoms with van der Waals surface area (Å²) in [5, 5.41) is 30.6. The molecule has 9 aromatic rings. The fraction of sp³-hybridized carbons (Fsp3) is 0.385. The first kappa shape index (κ1) is 123. The summed E-state index contributed by atoms with van der Waals surface area (Å²) >= 11 is 27.9. The van der Waals surface area contributed by atoms with E-state index in [0.29, 0.717) is 37.4 Å². The first-order valence-electron chi connectivity index (χ1n) is 35.1. The third kappa shape index (κ3) is 66.1. The van der Waals surface area contributed by atoms with E-state index in [1.807, 2.05) is 101 Å². The molecule has 3 amide bonds. The van der Waals surface area contributed by atoms with Crippen LogP contribution in [0.4, 0.5) is 58.1 Å². The normalized spacial score (nSPS) is 10.1. The van der Waals surface area contributed by atoms with Crippen molar-refractivity contribution >= 4 is 256 Å². The third-order valence-electron chi connectivity index (χ3n) is 11.1. The Hall–Kier alpha value is -8.04. The molecule has 0 spiro atoms. The number of Topliss-reactive ketones (excluding diaryl/α,β-unsaturated/α-hetero) is 4. The summed E-state index contributed by atoms with van der Waals surface area (Å²) < 4.78 is 29.2. The van der Waals surface area contributed by atoms with Gasteiger partial charge in [-0.25, -0.2) is 43.9 Å². The van der Waals surface area contributed by atoms with Crippen molar-refractivity contribution in [1.82, 2.24) is 24.8 Å². The summed E-state index contributed by atoms with van der Waals surface area (Å²) in [5.74, 6) is -0.0111. The molecule has 0 aliphatic carbocycles. The van der Waals surface area contributed by atoms with Crippen molar-refractivity contribution in [2.75, 3.05) is 52.2 Å². The Labute approximate surface area is 783 Å². The van der Waals surface area contributed by atoms with Gasteiger partial charge in [0.25, 0.3) is 5.69 Å². The standard InChI is InChI=1S/C14H20N2O3S.C13H15N3O2S.C11H15NO3S.C10H18O5.C8H7N3S.C6H5NO3S.C6H7NOS.C6H6OS.C2H6.2CH2Cl2.2ClH.2H2O.Sn/c1-14(2,3)19-13(18)15-10-8-12(20-9-10)11(17)6-7-16(4)5;1-13(2,3)18-12(17)16-9-6-11(19-7-9)10-4-5-14-8-15-10;1-7(13)9-5-8(6-16-9)12-10(14)15-11(2,3)4;1-9(2,3)14-7(11)13-8(12)15-10(4,5)6;9-6-3-8(12-4-6)7-1-2-10-5-11-7;1-4(8)6-2-5(3-11-6)7(9)10;1-4(8)6-2-5(7)3-9-6;1-5(7)6-3-2-4-8-6;1-2;2*2-1-3;;;;;/h6-9H,1-5H3,(H,15,18);4-8H,1-3H3,(H,16,17);5-6H,1-4H3,(H,12,14);1-6H3;1-5H,9H2;2-3H,1H3;2-3H,7H2,1H3;2-4H,1H3;1-2H3;2*1H2;2*1H;2*1H2;/q;;;;;;;;;;;;;;;+2/p-2/b7-6+;;;;;;;;;;;;;;;. The van der Waals surface area contributed by atoms with Gasteiger partial charge in [0.05, 0.1) is 83.6 Å². The van der Waals surface area contributed by atoms with Crippen molar-refractivity contribution in [1.29, 1.82) is 0 Å². The van der Waals surface area contributed by atoms with Crippen LogP contribution in [0.15, 0.2) is 136 Å². The van der Waals surface area contributed by atoms with Crippen LogP contribution >= 0.6 is 144 Å². The predicted octanol–water partition coefficient (Wildman–Crippen LogP) is 23.4. The zero-order valence-corrected chi connectivity index (χ0v) is 85.1. The van der Waals surface area contributed by atoms with Crippen LogP contribution in [-0.4, -0.2) is 172 Å². The number of rotatable bonds is 13. The summed E-state index contributed by atoms with van der Waals surface area (Å²) in [6, 6.07) is 17.4. The number of nitrogen functional groups attached to an aromatic ring is 2. The molecule has 31 nitrogen and oxygen atoms in total. The zero-order chi connectivity index (χ0) is 93.6. The van der Waals surface area contributed by atoms with Gasteiger partial charge in [-0.15, -0.1) is 126 Å². The number of nitrogens with two attached hydrogens (primary N) is 2. The van der Waals surface area contributed by atoms with Gasteiger partial charge in [0.2, 0.25) is 0 Å². The maximum absolute atomic E-state index is 11.8. The predicted molar refractivity (Wildman–Crippen MR) is 507 cm³/mol. The van der Waals surface area contributed by atoms with E-state index in [2.05, 4.69) is 40.6 Å². The molecule has 0 fully saturated rings. The molecular weight excluding hydrogens is 1970 g/mol. The molecule has 2 radical (unpaired) electrons. The van der Waals surface area contributed by atoms with Crippen LogP contribution in [-0.2, 0) is 28.4 Å². The van der Waals surface area contributed by atoms with Crippen molar-refractivity contribution in [2.45, 2.75) is 173 Å². The molecule has 123 heavy (non-hydrogen) atoms. The molecule has 0 unspecified atom stereocenters. The number of allylic oxidation sites excluding steroid dienone is 1. The Kier molecular flexibility index (Phi) is 65.8.